The number of furan rings is 1. The van der Waals surface area contributed by atoms with Gasteiger partial charge in [0.05, 0.1) is 18.6 Å². The van der Waals surface area contributed by atoms with Crippen LogP contribution >= 0.6 is 0 Å². The highest BCUT2D eigenvalue weighted by Gasteiger charge is 2.22. The Morgan fingerprint density at radius 1 is 1.56 bits per heavy atom. The lowest BCUT2D eigenvalue weighted by atomic mass is 10.0. The third-order valence-electron chi connectivity index (χ3n) is 2.65. The fourth-order valence-corrected chi connectivity index (χ4v) is 1.44. The minimum absolute atomic E-state index is 0.00120. The molecule has 0 saturated carbocycles. The molecule has 0 saturated heterocycles. The number of hydrogen-bond donors (Lipinski definition) is 1. The Balaban J connectivity index is 2.64. The van der Waals surface area contributed by atoms with Gasteiger partial charge in [-0.15, -0.1) is 0 Å². The number of likely N-dealkylation sites (N-methyl/N-ethyl adjacent to an activating group) is 1. The van der Waals surface area contributed by atoms with Crippen LogP contribution in [0, 0.1) is 5.92 Å². The Morgan fingerprint density at radius 2 is 2.25 bits per heavy atom. The Labute approximate surface area is 96.4 Å². The molecule has 0 aliphatic heterocycles. The van der Waals surface area contributed by atoms with Crippen LogP contribution in [-0.2, 0) is 11.3 Å². The zero-order valence-corrected chi connectivity index (χ0v) is 10.1. The van der Waals surface area contributed by atoms with E-state index in [1.165, 1.54) is 0 Å². The Kier molecular flexibility index (Phi) is 4.55. The zero-order valence-electron chi connectivity index (χ0n) is 10.1. The van der Waals surface area contributed by atoms with Crippen LogP contribution < -0.4 is 5.73 Å². The lowest BCUT2D eigenvalue weighted by Gasteiger charge is -2.25. The maximum absolute atomic E-state index is 12.0. The predicted octanol–water partition coefficient (Wildman–Crippen LogP) is 1.61. The molecule has 0 aromatic carbocycles. The number of rotatable bonds is 5. The fraction of sp³-hybridized carbons (Fsp3) is 0.583. The topological polar surface area (TPSA) is 59.5 Å². The van der Waals surface area contributed by atoms with Crippen molar-refractivity contribution in [2.75, 3.05) is 6.54 Å². The molecule has 0 aliphatic carbocycles. The summed E-state index contributed by atoms with van der Waals surface area (Å²) in [6.07, 6.45) is 3.26. The summed E-state index contributed by atoms with van der Waals surface area (Å²) in [5, 5.41) is 0. The third kappa shape index (κ3) is 3.10. The average molecular weight is 224 g/mol. The van der Waals surface area contributed by atoms with Crippen molar-refractivity contribution in [1.29, 1.82) is 0 Å². The molecule has 4 heteroatoms. The number of nitrogens with zero attached hydrogens (tertiary/aromatic N) is 1. The SMILES string of the molecule is CCN(Cc1ccoc1)C(=O)[C@@H](N)C(C)C. The Morgan fingerprint density at radius 3 is 2.69 bits per heavy atom. The Hall–Kier alpha value is -1.29. The van der Waals surface area contributed by atoms with E-state index in [1.54, 1.807) is 17.4 Å². The predicted molar refractivity (Wildman–Crippen MR) is 62.6 cm³/mol. The van der Waals surface area contributed by atoms with Crippen molar-refractivity contribution < 1.29 is 9.21 Å². The summed E-state index contributed by atoms with van der Waals surface area (Å²) in [6, 6.07) is 1.43. The molecule has 1 aromatic rings. The molecule has 0 aliphatic rings. The van der Waals surface area contributed by atoms with Crippen LogP contribution in [-0.4, -0.2) is 23.4 Å². The van der Waals surface area contributed by atoms with E-state index in [-0.39, 0.29) is 11.8 Å². The minimum Gasteiger partial charge on any atom is -0.472 e. The number of nitrogens with two attached hydrogens (primary N) is 1. The molecule has 1 heterocycles. The summed E-state index contributed by atoms with van der Waals surface area (Å²) in [5.74, 6) is 0.157. The molecule has 4 nitrogen and oxygen atoms in total. The number of amides is 1. The normalized spacial score (nSPS) is 12.8. The smallest absolute Gasteiger partial charge is 0.240 e. The van der Waals surface area contributed by atoms with E-state index in [2.05, 4.69) is 0 Å². The molecular weight excluding hydrogens is 204 g/mol. The van der Waals surface area contributed by atoms with Crippen LogP contribution in [0.5, 0.6) is 0 Å². The van der Waals surface area contributed by atoms with E-state index in [1.807, 2.05) is 26.8 Å². The zero-order chi connectivity index (χ0) is 12.1. The third-order valence-corrected chi connectivity index (χ3v) is 2.65. The van der Waals surface area contributed by atoms with Gasteiger partial charge in [0.1, 0.15) is 0 Å². The van der Waals surface area contributed by atoms with E-state index in [4.69, 9.17) is 10.2 Å². The average Bonchev–Trinajstić information content (AvgIpc) is 2.76. The molecule has 0 bridgehead atoms. The molecule has 90 valence electrons. The summed E-state index contributed by atoms with van der Waals surface area (Å²) in [7, 11) is 0. The summed E-state index contributed by atoms with van der Waals surface area (Å²) in [6.45, 7) is 7.07. The summed E-state index contributed by atoms with van der Waals surface area (Å²) in [4.78, 5) is 13.8. The number of carbonyl (C=O) groups excluding carboxylic acids is 1. The highest BCUT2D eigenvalue weighted by Crippen LogP contribution is 2.09. The first-order valence-electron chi connectivity index (χ1n) is 5.61. The van der Waals surface area contributed by atoms with Crippen molar-refractivity contribution in [2.45, 2.75) is 33.4 Å². The second-order valence-electron chi connectivity index (χ2n) is 4.25. The summed E-state index contributed by atoms with van der Waals surface area (Å²) >= 11 is 0. The molecule has 1 atom stereocenters. The van der Waals surface area contributed by atoms with Gasteiger partial charge in [-0.3, -0.25) is 4.79 Å². The Bertz CT molecular complexity index is 320. The van der Waals surface area contributed by atoms with Crippen molar-refractivity contribution in [3.63, 3.8) is 0 Å². The first-order chi connectivity index (χ1) is 7.56. The van der Waals surface area contributed by atoms with Crippen molar-refractivity contribution in [3.8, 4) is 0 Å². The fourth-order valence-electron chi connectivity index (χ4n) is 1.44. The maximum atomic E-state index is 12.0. The molecule has 0 spiro atoms. The van der Waals surface area contributed by atoms with Gasteiger partial charge >= 0.3 is 0 Å². The van der Waals surface area contributed by atoms with Crippen LogP contribution in [0.3, 0.4) is 0 Å². The highest BCUT2D eigenvalue weighted by molar-refractivity contribution is 5.81. The largest absolute Gasteiger partial charge is 0.472 e. The van der Waals surface area contributed by atoms with E-state index in [9.17, 15) is 4.79 Å². The van der Waals surface area contributed by atoms with Gasteiger partial charge in [0.15, 0.2) is 0 Å². The van der Waals surface area contributed by atoms with Crippen LogP contribution in [0.25, 0.3) is 0 Å². The van der Waals surface area contributed by atoms with Crippen LogP contribution in [0.1, 0.15) is 26.3 Å². The van der Waals surface area contributed by atoms with Gasteiger partial charge in [0, 0.05) is 18.7 Å². The molecular formula is C12H20N2O2. The second-order valence-corrected chi connectivity index (χ2v) is 4.25. The molecule has 0 fully saturated rings. The van der Waals surface area contributed by atoms with E-state index >= 15 is 0 Å². The van der Waals surface area contributed by atoms with Crippen molar-refractivity contribution in [2.24, 2.45) is 11.7 Å². The lowest BCUT2D eigenvalue weighted by molar-refractivity contribution is -0.134. The lowest BCUT2D eigenvalue weighted by Crippen LogP contribution is -2.46. The molecule has 0 radical (unpaired) electrons. The molecule has 0 unspecified atom stereocenters. The van der Waals surface area contributed by atoms with Crippen molar-refractivity contribution in [3.05, 3.63) is 24.2 Å². The van der Waals surface area contributed by atoms with Gasteiger partial charge in [-0.2, -0.15) is 0 Å². The van der Waals surface area contributed by atoms with E-state index in [0.717, 1.165) is 5.56 Å². The molecule has 1 amide bonds. The molecule has 16 heavy (non-hydrogen) atoms. The molecule has 1 rings (SSSR count). The van der Waals surface area contributed by atoms with Crippen LogP contribution in [0.15, 0.2) is 23.0 Å². The highest BCUT2D eigenvalue weighted by atomic mass is 16.3. The summed E-state index contributed by atoms with van der Waals surface area (Å²) in [5.41, 5.74) is 6.84. The first-order valence-corrected chi connectivity index (χ1v) is 5.61. The van der Waals surface area contributed by atoms with Crippen molar-refractivity contribution >= 4 is 5.91 Å². The van der Waals surface area contributed by atoms with Gasteiger partial charge < -0.3 is 15.1 Å². The molecule has 2 N–H and O–H groups in total. The standard InChI is InChI=1S/C12H20N2O2/c1-4-14(7-10-5-6-16-8-10)12(15)11(13)9(2)3/h5-6,8-9,11H,4,7,13H2,1-3H3/t11-/m0/s1. The monoisotopic (exact) mass is 224 g/mol. The quantitative estimate of drug-likeness (QED) is 0.826. The number of carbonyl (C=O) groups is 1. The van der Waals surface area contributed by atoms with Gasteiger partial charge in [0.25, 0.3) is 0 Å². The van der Waals surface area contributed by atoms with Gasteiger partial charge in [-0.1, -0.05) is 13.8 Å². The minimum atomic E-state index is -0.424. The van der Waals surface area contributed by atoms with Gasteiger partial charge in [0.2, 0.25) is 5.91 Å². The van der Waals surface area contributed by atoms with E-state index < -0.39 is 6.04 Å². The van der Waals surface area contributed by atoms with Gasteiger partial charge in [-0.05, 0) is 18.9 Å². The maximum Gasteiger partial charge on any atom is 0.240 e. The first kappa shape index (κ1) is 12.8. The van der Waals surface area contributed by atoms with E-state index in [0.29, 0.717) is 13.1 Å². The van der Waals surface area contributed by atoms with Gasteiger partial charge in [-0.25, -0.2) is 0 Å². The van der Waals surface area contributed by atoms with Crippen LogP contribution in [0.2, 0.25) is 0 Å². The van der Waals surface area contributed by atoms with Crippen molar-refractivity contribution in [1.82, 2.24) is 4.90 Å². The number of hydrogen-bond acceptors (Lipinski definition) is 3. The van der Waals surface area contributed by atoms with Crippen LogP contribution in [0.4, 0.5) is 0 Å². The summed E-state index contributed by atoms with van der Waals surface area (Å²) < 4.78 is 4.98. The second kappa shape index (κ2) is 5.70. The molecule has 1 aromatic heterocycles.